The molecule has 1 saturated heterocycles. The molecule has 1 fully saturated rings. The third-order valence-corrected chi connectivity index (χ3v) is 4.85. The average molecular weight is 402 g/mol. The van der Waals surface area contributed by atoms with E-state index in [2.05, 4.69) is 15.1 Å². The number of nitrogens with zero attached hydrogens (tertiary/aromatic N) is 4. The number of carbonyl (C=O) groups is 1. The van der Waals surface area contributed by atoms with Gasteiger partial charge in [0, 0.05) is 37.7 Å². The molecule has 138 valence electrons. The van der Waals surface area contributed by atoms with Crippen molar-refractivity contribution in [2.45, 2.75) is 6.54 Å². The zero-order valence-corrected chi connectivity index (χ0v) is 14.9. The molecule has 3 rings (SSSR count). The van der Waals surface area contributed by atoms with E-state index in [1.54, 1.807) is 6.07 Å². The quantitative estimate of drug-likeness (QED) is 0.627. The molecule has 11 heteroatoms. The van der Waals surface area contributed by atoms with E-state index in [4.69, 9.17) is 23.2 Å². The lowest BCUT2D eigenvalue weighted by Gasteiger charge is -2.34. The minimum atomic E-state index is -0.726. The maximum absolute atomic E-state index is 13.1. The first-order chi connectivity index (χ1) is 12.4. The van der Waals surface area contributed by atoms with Gasteiger partial charge in [-0.15, -0.1) is 5.10 Å². The summed E-state index contributed by atoms with van der Waals surface area (Å²) in [4.78, 5) is 26.1. The third kappa shape index (κ3) is 3.79. The van der Waals surface area contributed by atoms with Gasteiger partial charge in [0.05, 0.1) is 0 Å². The smallest absolute Gasteiger partial charge is 0.358 e. The van der Waals surface area contributed by atoms with E-state index in [9.17, 15) is 19.3 Å². The van der Waals surface area contributed by atoms with Crippen LogP contribution >= 0.6 is 23.2 Å². The summed E-state index contributed by atoms with van der Waals surface area (Å²) in [5.74, 6) is -1.35. The maximum Gasteiger partial charge on any atom is 0.362 e. The number of carbonyl (C=O) groups excluding carboxylic acids is 1. The van der Waals surface area contributed by atoms with Gasteiger partial charge in [0.1, 0.15) is 5.82 Å². The van der Waals surface area contributed by atoms with Crippen LogP contribution in [0.1, 0.15) is 16.1 Å². The molecule has 2 heterocycles. The summed E-state index contributed by atoms with van der Waals surface area (Å²) in [5, 5.41) is 16.7. The molecule has 1 aliphatic heterocycles. The van der Waals surface area contributed by atoms with E-state index in [0.717, 1.165) is 5.56 Å². The summed E-state index contributed by atoms with van der Waals surface area (Å²) in [7, 11) is 0. The second-order valence-electron chi connectivity index (χ2n) is 5.80. The minimum Gasteiger partial charge on any atom is -0.358 e. The van der Waals surface area contributed by atoms with Crippen LogP contribution in [-0.4, -0.2) is 57.0 Å². The Morgan fingerprint density at radius 3 is 2.58 bits per heavy atom. The van der Waals surface area contributed by atoms with Gasteiger partial charge in [0.15, 0.2) is 10.7 Å². The standard InChI is InChI=1S/C15H14Cl2FN5O3/c16-11-7-10(18)2-1-9(11)8-21-3-5-22(6-4-21)15(24)13-12(17)14(20-19-13)23(25)26/h1-2,7H,3-6,8H2,(H,19,20). The molecule has 1 N–H and O–H groups in total. The topological polar surface area (TPSA) is 95.4 Å². The zero-order valence-electron chi connectivity index (χ0n) is 13.4. The maximum atomic E-state index is 13.1. The van der Waals surface area contributed by atoms with Gasteiger partial charge >= 0.3 is 5.82 Å². The molecule has 0 aliphatic carbocycles. The fourth-order valence-electron chi connectivity index (χ4n) is 2.73. The molecule has 1 aromatic heterocycles. The van der Waals surface area contributed by atoms with Crippen LogP contribution in [0, 0.1) is 15.9 Å². The van der Waals surface area contributed by atoms with Gasteiger partial charge in [-0.2, -0.15) is 0 Å². The Bertz CT molecular complexity index is 852. The van der Waals surface area contributed by atoms with Crippen molar-refractivity contribution in [3.8, 4) is 0 Å². The predicted octanol–water partition coefficient (Wildman–Crippen LogP) is 2.72. The van der Waals surface area contributed by atoms with Gasteiger partial charge in [-0.25, -0.2) is 4.39 Å². The Morgan fingerprint density at radius 2 is 2.00 bits per heavy atom. The number of benzene rings is 1. The second-order valence-corrected chi connectivity index (χ2v) is 6.58. The minimum absolute atomic E-state index is 0.159. The molecule has 0 spiro atoms. The predicted molar refractivity (Wildman–Crippen MR) is 92.8 cm³/mol. The normalized spacial score (nSPS) is 15.3. The van der Waals surface area contributed by atoms with Gasteiger partial charge in [-0.05, 0) is 22.6 Å². The van der Waals surface area contributed by atoms with Gasteiger partial charge in [0.2, 0.25) is 0 Å². The Kier molecular flexibility index (Phi) is 5.40. The van der Waals surface area contributed by atoms with Crippen molar-refractivity contribution in [1.29, 1.82) is 0 Å². The molecule has 0 radical (unpaired) electrons. The van der Waals surface area contributed by atoms with Crippen LogP contribution < -0.4 is 0 Å². The number of nitrogens with one attached hydrogen (secondary N) is 1. The Balaban J connectivity index is 1.61. The molecule has 2 aromatic rings. The molecule has 8 nitrogen and oxygen atoms in total. The molecule has 1 amide bonds. The average Bonchev–Trinajstić information content (AvgIpc) is 2.99. The number of amides is 1. The van der Waals surface area contributed by atoms with Crippen molar-refractivity contribution >= 4 is 34.9 Å². The molecule has 1 aliphatic rings. The zero-order chi connectivity index (χ0) is 18.8. The lowest BCUT2D eigenvalue weighted by atomic mass is 10.2. The molecule has 0 saturated carbocycles. The van der Waals surface area contributed by atoms with Gasteiger partial charge in [-0.3, -0.25) is 9.69 Å². The number of hydrogen-bond acceptors (Lipinski definition) is 5. The number of H-pyrrole nitrogens is 1. The van der Waals surface area contributed by atoms with E-state index in [1.165, 1.54) is 17.0 Å². The van der Waals surface area contributed by atoms with E-state index < -0.39 is 16.6 Å². The summed E-state index contributed by atoms with van der Waals surface area (Å²) < 4.78 is 13.1. The van der Waals surface area contributed by atoms with E-state index in [-0.39, 0.29) is 16.5 Å². The summed E-state index contributed by atoms with van der Waals surface area (Å²) in [6.07, 6.45) is 0. The number of halogens is 3. The fourth-order valence-corrected chi connectivity index (χ4v) is 3.19. The van der Waals surface area contributed by atoms with E-state index in [0.29, 0.717) is 37.7 Å². The molecule has 0 atom stereocenters. The molecular formula is C15H14Cl2FN5O3. The van der Waals surface area contributed by atoms with Crippen molar-refractivity contribution in [2.24, 2.45) is 0 Å². The summed E-state index contributed by atoms with van der Waals surface area (Å²) >= 11 is 11.9. The van der Waals surface area contributed by atoms with Crippen molar-refractivity contribution in [2.75, 3.05) is 26.2 Å². The van der Waals surface area contributed by atoms with Gasteiger partial charge in [0.25, 0.3) is 5.91 Å². The highest BCUT2D eigenvalue weighted by molar-refractivity contribution is 6.35. The Labute approximate surface area is 157 Å². The van der Waals surface area contributed by atoms with E-state index >= 15 is 0 Å². The lowest BCUT2D eigenvalue weighted by Crippen LogP contribution is -2.48. The second kappa shape index (κ2) is 7.56. The van der Waals surface area contributed by atoms with Gasteiger partial charge in [-0.1, -0.05) is 34.4 Å². The number of hydrogen-bond donors (Lipinski definition) is 1. The number of piperazine rings is 1. The highest BCUT2D eigenvalue weighted by atomic mass is 35.5. The fraction of sp³-hybridized carbons (Fsp3) is 0.333. The summed E-state index contributed by atoms with van der Waals surface area (Å²) in [5.41, 5.74) is 0.646. The molecule has 0 bridgehead atoms. The Hall–Kier alpha value is -2.23. The highest BCUT2D eigenvalue weighted by Gasteiger charge is 2.30. The van der Waals surface area contributed by atoms with Crippen LogP contribution in [0.25, 0.3) is 0 Å². The molecular weight excluding hydrogens is 388 g/mol. The summed E-state index contributed by atoms with van der Waals surface area (Å²) in [6.45, 7) is 2.51. The van der Waals surface area contributed by atoms with Crippen LogP contribution in [0.4, 0.5) is 10.2 Å². The first kappa shape index (κ1) is 18.6. The third-order valence-electron chi connectivity index (χ3n) is 4.14. The first-order valence-corrected chi connectivity index (χ1v) is 8.46. The number of aromatic nitrogens is 2. The highest BCUT2D eigenvalue weighted by Crippen LogP contribution is 2.26. The van der Waals surface area contributed by atoms with Crippen LogP contribution in [0.3, 0.4) is 0 Å². The van der Waals surface area contributed by atoms with Crippen LogP contribution in [0.2, 0.25) is 10.0 Å². The summed E-state index contributed by atoms with van der Waals surface area (Å²) in [6, 6.07) is 4.26. The van der Waals surface area contributed by atoms with Crippen LogP contribution in [0.15, 0.2) is 18.2 Å². The van der Waals surface area contributed by atoms with Crippen LogP contribution in [0.5, 0.6) is 0 Å². The first-order valence-electron chi connectivity index (χ1n) is 7.70. The van der Waals surface area contributed by atoms with E-state index in [1.807, 2.05) is 0 Å². The molecule has 1 aromatic carbocycles. The van der Waals surface area contributed by atoms with Crippen molar-refractivity contribution < 1.29 is 14.1 Å². The monoisotopic (exact) mass is 401 g/mol. The van der Waals surface area contributed by atoms with Gasteiger partial charge < -0.3 is 15.0 Å². The van der Waals surface area contributed by atoms with Crippen LogP contribution in [-0.2, 0) is 6.54 Å². The SMILES string of the molecule is O=C(c1n[nH]c([N+](=O)[O-])c1Cl)N1CCN(Cc2ccc(F)cc2Cl)CC1. The van der Waals surface area contributed by atoms with Crippen molar-refractivity contribution in [3.05, 3.63) is 55.4 Å². The number of rotatable bonds is 4. The van der Waals surface area contributed by atoms with Crippen molar-refractivity contribution in [1.82, 2.24) is 20.0 Å². The lowest BCUT2D eigenvalue weighted by molar-refractivity contribution is -0.389. The molecule has 26 heavy (non-hydrogen) atoms. The van der Waals surface area contributed by atoms with Crippen molar-refractivity contribution in [3.63, 3.8) is 0 Å². The number of nitro groups is 1. The number of aromatic amines is 1. The molecule has 0 unspecified atom stereocenters. The Morgan fingerprint density at radius 1 is 1.31 bits per heavy atom. The largest absolute Gasteiger partial charge is 0.362 e.